The summed E-state index contributed by atoms with van der Waals surface area (Å²) in [6, 6.07) is 0. The zero-order chi connectivity index (χ0) is 9.31. The lowest BCUT2D eigenvalue weighted by Gasteiger charge is -2.21. The molecule has 13 heavy (non-hydrogen) atoms. The van der Waals surface area contributed by atoms with Gasteiger partial charge in [-0.25, -0.2) is 0 Å². The Hall–Kier alpha value is -0.0800. The number of hydrogen-bond acceptors (Lipinski definition) is 2. The highest BCUT2D eigenvalue weighted by Crippen LogP contribution is 2.49. The van der Waals surface area contributed by atoms with Crippen molar-refractivity contribution in [3.8, 4) is 0 Å². The second-order valence-electron chi connectivity index (χ2n) is 4.69. The van der Waals surface area contributed by atoms with Gasteiger partial charge in [-0.15, -0.1) is 0 Å². The molecule has 1 saturated heterocycles. The molecule has 3 unspecified atom stereocenters. The van der Waals surface area contributed by atoms with Gasteiger partial charge < -0.3 is 9.47 Å². The van der Waals surface area contributed by atoms with Gasteiger partial charge in [-0.3, -0.25) is 0 Å². The minimum atomic E-state index is 0.289. The van der Waals surface area contributed by atoms with Gasteiger partial charge in [0.05, 0.1) is 11.7 Å². The molecule has 2 fully saturated rings. The van der Waals surface area contributed by atoms with Crippen molar-refractivity contribution in [2.75, 3.05) is 13.7 Å². The van der Waals surface area contributed by atoms with Gasteiger partial charge >= 0.3 is 0 Å². The molecule has 0 N–H and O–H groups in total. The zero-order valence-corrected chi connectivity index (χ0v) is 8.71. The van der Waals surface area contributed by atoms with E-state index in [9.17, 15) is 0 Å². The first kappa shape index (κ1) is 9.47. The van der Waals surface area contributed by atoms with E-state index >= 15 is 0 Å². The van der Waals surface area contributed by atoms with Gasteiger partial charge in [0.15, 0.2) is 0 Å². The lowest BCUT2D eigenvalue weighted by atomic mass is 9.81. The van der Waals surface area contributed by atoms with Crippen molar-refractivity contribution in [1.29, 1.82) is 0 Å². The standard InChI is InChI=1S/C11H20O2/c1-11-6-5-9(4-3-7-12-2)8-10(11)13-11/h9-10H,3-8H2,1-2H3. The van der Waals surface area contributed by atoms with Crippen LogP contribution >= 0.6 is 0 Å². The summed E-state index contributed by atoms with van der Waals surface area (Å²) >= 11 is 0. The van der Waals surface area contributed by atoms with Crippen LogP contribution in [0.25, 0.3) is 0 Å². The molecule has 0 bridgehead atoms. The van der Waals surface area contributed by atoms with Crippen LogP contribution in [0.3, 0.4) is 0 Å². The minimum Gasteiger partial charge on any atom is -0.385 e. The van der Waals surface area contributed by atoms with Crippen LogP contribution < -0.4 is 0 Å². The first-order chi connectivity index (χ1) is 6.24. The molecule has 2 heteroatoms. The molecule has 2 rings (SSSR count). The second kappa shape index (κ2) is 3.58. The maximum Gasteiger partial charge on any atom is 0.0920 e. The van der Waals surface area contributed by atoms with E-state index < -0.39 is 0 Å². The Morgan fingerprint density at radius 3 is 3.08 bits per heavy atom. The first-order valence-corrected chi connectivity index (χ1v) is 5.41. The molecule has 0 spiro atoms. The molecule has 1 saturated carbocycles. The summed E-state index contributed by atoms with van der Waals surface area (Å²) in [4.78, 5) is 0. The van der Waals surface area contributed by atoms with Gasteiger partial charge in [-0.05, 0) is 44.9 Å². The molecule has 2 nitrogen and oxygen atoms in total. The minimum absolute atomic E-state index is 0.289. The van der Waals surface area contributed by atoms with Crippen LogP contribution in [0, 0.1) is 5.92 Å². The molecule has 1 heterocycles. The summed E-state index contributed by atoms with van der Waals surface area (Å²) < 4.78 is 10.7. The van der Waals surface area contributed by atoms with E-state index in [2.05, 4.69) is 6.92 Å². The average molecular weight is 184 g/mol. The maximum absolute atomic E-state index is 5.67. The normalized spacial score (nSPS) is 42.9. The van der Waals surface area contributed by atoms with Crippen LogP contribution in [-0.4, -0.2) is 25.4 Å². The lowest BCUT2D eigenvalue weighted by Crippen LogP contribution is -2.21. The van der Waals surface area contributed by atoms with Crippen molar-refractivity contribution in [2.24, 2.45) is 5.92 Å². The highest BCUT2D eigenvalue weighted by molar-refractivity contribution is 5.03. The zero-order valence-electron chi connectivity index (χ0n) is 8.71. The quantitative estimate of drug-likeness (QED) is 0.494. The van der Waals surface area contributed by atoms with Gasteiger partial charge in [0.2, 0.25) is 0 Å². The van der Waals surface area contributed by atoms with Crippen molar-refractivity contribution in [2.45, 2.75) is 50.7 Å². The number of hydrogen-bond donors (Lipinski definition) is 0. The van der Waals surface area contributed by atoms with E-state index in [0.29, 0.717) is 6.10 Å². The molecule has 0 aromatic rings. The summed E-state index contributed by atoms with van der Waals surface area (Å²) in [5.74, 6) is 0.899. The molecule has 0 aromatic carbocycles. The van der Waals surface area contributed by atoms with E-state index in [1.165, 1.54) is 32.1 Å². The predicted octanol–water partition coefficient (Wildman–Crippen LogP) is 2.37. The van der Waals surface area contributed by atoms with Gasteiger partial charge in [0, 0.05) is 13.7 Å². The molecule has 1 aliphatic heterocycles. The molecule has 2 aliphatic rings. The number of epoxide rings is 1. The maximum atomic E-state index is 5.67. The summed E-state index contributed by atoms with van der Waals surface area (Å²) in [6.07, 6.45) is 7.05. The van der Waals surface area contributed by atoms with E-state index in [1.807, 2.05) is 0 Å². The third-order valence-electron chi connectivity index (χ3n) is 3.59. The van der Waals surface area contributed by atoms with Crippen LogP contribution in [0.1, 0.15) is 39.0 Å². The van der Waals surface area contributed by atoms with Gasteiger partial charge in [0.25, 0.3) is 0 Å². The smallest absolute Gasteiger partial charge is 0.0920 e. The molecule has 1 aliphatic carbocycles. The Balaban J connectivity index is 1.66. The number of rotatable bonds is 4. The number of ether oxygens (including phenoxy) is 2. The Labute approximate surface area is 80.6 Å². The van der Waals surface area contributed by atoms with Crippen LogP contribution in [0.15, 0.2) is 0 Å². The van der Waals surface area contributed by atoms with E-state index in [1.54, 1.807) is 7.11 Å². The fourth-order valence-electron chi connectivity index (χ4n) is 2.50. The predicted molar refractivity (Wildman–Crippen MR) is 51.7 cm³/mol. The molecule has 76 valence electrons. The van der Waals surface area contributed by atoms with Crippen molar-refractivity contribution >= 4 is 0 Å². The topological polar surface area (TPSA) is 21.8 Å². The largest absolute Gasteiger partial charge is 0.385 e. The van der Waals surface area contributed by atoms with Crippen molar-refractivity contribution < 1.29 is 9.47 Å². The van der Waals surface area contributed by atoms with Crippen LogP contribution in [0.4, 0.5) is 0 Å². The molecule has 0 aromatic heterocycles. The Bertz CT molecular complexity index is 181. The van der Waals surface area contributed by atoms with Gasteiger partial charge in [0.1, 0.15) is 0 Å². The summed E-state index contributed by atoms with van der Waals surface area (Å²) in [6.45, 7) is 3.17. The molecule has 0 amide bonds. The Morgan fingerprint density at radius 2 is 2.38 bits per heavy atom. The number of methoxy groups -OCH3 is 1. The van der Waals surface area contributed by atoms with Crippen LogP contribution in [0.5, 0.6) is 0 Å². The summed E-state index contributed by atoms with van der Waals surface area (Å²) in [5, 5.41) is 0. The van der Waals surface area contributed by atoms with Crippen LogP contribution in [-0.2, 0) is 9.47 Å². The SMILES string of the molecule is COCCCC1CCC2(C)OC2C1. The van der Waals surface area contributed by atoms with Crippen molar-refractivity contribution in [3.63, 3.8) is 0 Å². The van der Waals surface area contributed by atoms with E-state index in [4.69, 9.17) is 9.47 Å². The summed E-state index contributed by atoms with van der Waals surface area (Å²) in [5.41, 5.74) is 0.289. The second-order valence-corrected chi connectivity index (χ2v) is 4.69. The number of fused-ring (bicyclic) bond motifs is 1. The lowest BCUT2D eigenvalue weighted by molar-refractivity contribution is 0.182. The molecule has 3 atom stereocenters. The molecular weight excluding hydrogens is 164 g/mol. The fourth-order valence-corrected chi connectivity index (χ4v) is 2.50. The monoisotopic (exact) mass is 184 g/mol. The third-order valence-corrected chi connectivity index (χ3v) is 3.59. The van der Waals surface area contributed by atoms with Gasteiger partial charge in [-0.2, -0.15) is 0 Å². The highest BCUT2D eigenvalue weighted by atomic mass is 16.6. The molecule has 0 radical (unpaired) electrons. The molecular formula is C11H20O2. The highest BCUT2D eigenvalue weighted by Gasteiger charge is 2.54. The van der Waals surface area contributed by atoms with E-state index in [0.717, 1.165) is 12.5 Å². The Kier molecular flexibility index (Phi) is 2.61. The fraction of sp³-hybridized carbons (Fsp3) is 1.00. The Morgan fingerprint density at radius 1 is 1.54 bits per heavy atom. The average Bonchev–Trinajstić information content (AvgIpc) is 2.77. The first-order valence-electron chi connectivity index (χ1n) is 5.41. The summed E-state index contributed by atoms with van der Waals surface area (Å²) in [7, 11) is 1.78. The van der Waals surface area contributed by atoms with Crippen molar-refractivity contribution in [1.82, 2.24) is 0 Å². The van der Waals surface area contributed by atoms with Crippen molar-refractivity contribution in [3.05, 3.63) is 0 Å². The van der Waals surface area contributed by atoms with Gasteiger partial charge in [-0.1, -0.05) is 0 Å². The third kappa shape index (κ3) is 2.05. The van der Waals surface area contributed by atoms with E-state index in [-0.39, 0.29) is 5.60 Å². The van der Waals surface area contributed by atoms with Crippen LogP contribution in [0.2, 0.25) is 0 Å².